The van der Waals surface area contributed by atoms with Crippen LogP contribution in [0.5, 0.6) is 5.75 Å². The number of H-pyrrole nitrogens is 1. The number of hydrogen-bond acceptors (Lipinski definition) is 8. The molecule has 0 saturated heterocycles. The van der Waals surface area contributed by atoms with Crippen LogP contribution in [0.2, 0.25) is 0 Å². The third-order valence-corrected chi connectivity index (χ3v) is 4.63. The molecule has 0 unspecified atom stereocenters. The summed E-state index contributed by atoms with van der Waals surface area (Å²) in [6.45, 7) is 0. The number of anilines is 2. The summed E-state index contributed by atoms with van der Waals surface area (Å²) in [5.41, 5.74) is 2.94. The van der Waals surface area contributed by atoms with Gasteiger partial charge in [-0.3, -0.25) is 9.78 Å². The van der Waals surface area contributed by atoms with E-state index in [-0.39, 0.29) is 5.56 Å². The molecule has 4 aromatic rings. The molecule has 3 aromatic heterocycles. The van der Waals surface area contributed by atoms with Crippen LogP contribution in [-0.4, -0.2) is 42.5 Å². The molecule has 5 rings (SSSR count). The zero-order valence-corrected chi connectivity index (χ0v) is 14.7. The van der Waals surface area contributed by atoms with Crippen molar-refractivity contribution < 1.29 is 4.74 Å². The number of hydrogen-bond donors (Lipinski definition) is 2. The van der Waals surface area contributed by atoms with Gasteiger partial charge in [0.25, 0.3) is 5.56 Å². The standard InChI is InChI=1S/C18H14N8O2/c1-28-12-6-4-10(5-7-12)14-13-15(17(27)22-21-14)20-18-23-24-25-26(18)16(13)11-3-2-8-19-9-11/h2-9,16H,1H3,(H,22,27)(H,20,23,25)/t16-/m1/s1. The number of aromatic amines is 1. The van der Waals surface area contributed by atoms with E-state index >= 15 is 0 Å². The maximum atomic E-state index is 12.6. The Bertz CT molecular complexity index is 1200. The lowest BCUT2D eigenvalue weighted by Gasteiger charge is -2.27. The minimum atomic E-state index is -0.457. The summed E-state index contributed by atoms with van der Waals surface area (Å²) in [4.78, 5) is 16.8. The quantitative estimate of drug-likeness (QED) is 0.487. The van der Waals surface area contributed by atoms with Crippen LogP contribution in [0, 0.1) is 0 Å². The van der Waals surface area contributed by atoms with Crippen molar-refractivity contribution in [2.75, 3.05) is 12.4 Å². The van der Waals surface area contributed by atoms with E-state index in [0.29, 0.717) is 22.9 Å². The number of aromatic nitrogens is 7. The Labute approximate surface area is 158 Å². The van der Waals surface area contributed by atoms with Crippen LogP contribution in [0.4, 0.5) is 11.6 Å². The molecule has 1 aliphatic heterocycles. The monoisotopic (exact) mass is 374 g/mol. The third-order valence-electron chi connectivity index (χ3n) is 4.63. The molecule has 0 aliphatic carbocycles. The van der Waals surface area contributed by atoms with Gasteiger partial charge in [-0.05, 0) is 46.3 Å². The molecular weight excluding hydrogens is 360 g/mol. The lowest BCUT2D eigenvalue weighted by atomic mass is 9.93. The number of benzene rings is 1. The number of nitrogens with one attached hydrogen (secondary N) is 2. The second-order valence-electron chi connectivity index (χ2n) is 6.18. The molecule has 0 spiro atoms. The van der Waals surface area contributed by atoms with Crippen molar-refractivity contribution in [3.05, 3.63) is 70.3 Å². The summed E-state index contributed by atoms with van der Waals surface area (Å²) >= 11 is 0. The van der Waals surface area contributed by atoms with E-state index in [1.165, 1.54) is 0 Å². The maximum absolute atomic E-state index is 12.6. The number of tetrazole rings is 1. The van der Waals surface area contributed by atoms with Gasteiger partial charge in [0.1, 0.15) is 17.5 Å². The van der Waals surface area contributed by atoms with E-state index in [1.54, 1.807) is 24.2 Å². The van der Waals surface area contributed by atoms with Gasteiger partial charge in [-0.2, -0.15) is 9.78 Å². The van der Waals surface area contributed by atoms with Crippen molar-refractivity contribution in [2.45, 2.75) is 6.04 Å². The van der Waals surface area contributed by atoms with Gasteiger partial charge in [0.15, 0.2) is 0 Å². The van der Waals surface area contributed by atoms with Crippen LogP contribution in [0.1, 0.15) is 17.2 Å². The van der Waals surface area contributed by atoms with E-state index in [0.717, 1.165) is 16.9 Å². The summed E-state index contributed by atoms with van der Waals surface area (Å²) in [5.74, 6) is 1.10. The lowest BCUT2D eigenvalue weighted by molar-refractivity contribution is 0.415. The first-order valence-electron chi connectivity index (χ1n) is 8.48. The smallest absolute Gasteiger partial charge is 0.288 e. The van der Waals surface area contributed by atoms with Gasteiger partial charge in [-0.25, -0.2) is 5.10 Å². The SMILES string of the molecule is COc1ccc(-c2n[nH]c(=O)c3c2[C@@H](c2cccnc2)n2nnnc2N3)cc1. The summed E-state index contributed by atoms with van der Waals surface area (Å²) in [6.07, 6.45) is 3.41. The highest BCUT2D eigenvalue weighted by Crippen LogP contribution is 2.40. The van der Waals surface area contributed by atoms with Crippen LogP contribution in [0.3, 0.4) is 0 Å². The largest absolute Gasteiger partial charge is 0.497 e. The molecule has 28 heavy (non-hydrogen) atoms. The Balaban J connectivity index is 1.79. The Kier molecular flexibility index (Phi) is 3.61. The van der Waals surface area contributed by atoms with Crippen LogP contribution in [0.15, 0.2) is 53.6 Å². The van der Waals surface area contributed by atoms with Crippen molar-refractivity contribution >= 4 is 11.6 Å². The number of fused-ring (bicyclic) bond motifs is 2. The lowest BCUT2D eigenvalue weighted by Crippen LogP contribution is -2.29. The summed E-state index contributed by atoms with van der Waals surface area (Å²) in [7, 11) is 1.61. The highest BCUT2D eigenvalue weighted by Gasteiger charge is 2.34. The molecule has 4 heterocycles. The molecule has 10 heteroatoms. The van der Waals surface area contributed by atoms with Gasteiger partial charge in [0.2, 0.25) is 5.95 Å². The first-order chi connectivity index (χ1) is 13.8. The molecule has 2 N–H and O–H groups in total. The fraction of sp³-hybridized carbons (Fsp3) is 0.111. The Morgan fingerprint density at radius 1 is 1.18 bits per heavy atom. The van der Waals surface area contributed by atoms with E-state index in [2.05, 4.69) is 36.0 Å². The Morgan fingerprint density at radius 2 is 2.04 bits per heavy atom. The van der Waals surface area contributed by atoms with Gasteiger partial charge in [-0.1, -0.05) is 11.2 Å². The van der Waals surface area contributed by atoms with Gasteiger partial charge in [-0.15, -0.1) is 0 Å². The fourth-order valence-corrected chi connectivity index (χ4v) is 3.35. The average molecular weight is 374 g/mol. The summed E-state index contributed by atoms with van der Waals surface area (Å²) in [6, 6.07) is 10.7. The highest BCUT2D eigenvalue weighted by atomic mass is 16.5. The average Bonchev–Trinajstić information content (AvgIpc) is 3.22. The minimum Gasteiger partial charge on any atom is -0.497 e. The number of pyridine rings is 1. The summed E-state index contributed by atoms with van der Waals surface area (Å²) < 4.78 is 6.85. The topological polar surface area (TPSA) is 124 Å². The predicted molar refractivity (Wildman–Crippen MR) is 99.4 cm³/mol. The van der Waals surface area contributed by atoms with E-state index < -0.39 is 6.04 Å². The molecule has 0 saturated carbocycles. The molecule has 0 amide bonds. The van der Waals surface area contributed by atoms with E-state index in [9.17, 15) is 4.79 Å². The van der Waals surface area contributed by atoms with Gasteiger partial charge in [0.05, 0.1) is 12.8 Å². The Hall–Kier alpha value is -4.08. The second-order valence-corrected chi connectivity index (χ2v) is 6.18. The van der Waals surface area contributed by atoms with Gasteiger partial charge >= 0.3 is 0 Å². The van der Waals surface area contributed by atoms with Gasteiger partial charge < -0.3 is 10.1 Å². The van der Waals surface area contributed by atoms with Crippen molar-refractivity contribution in [3.63, 3.8) is 0 Å². The number of ether oxygens (including phenoxy) is 1. The van der Waals surface area contributed by atoms with Crippen LogP contribution >= 0.6 is 0 Å². The van der Waals surface area contributed by atoms with E-state index in [1.807, 2.05) is 36.4 Å². The fourth-order valence-electron chi connectivity index (χ4n) is 3.35. The molecule has 0 bridgehead atoms. The van der Waals surface area contributed by atoms with Crippen LogP contribution in [-0.2, 0) is 0 Å². The molecule has 0 fully saturated rings. The normalized spacial score (nSPS) is 14.7. The maximum Gasteiger partial charge on any atom is 0.288 e. The van der Waals surface area contributed by atoms with Crippen molar-refractivity contribution in [1.82, 2.24) is 35.4 Å². The molecular formula is C18H14N8O2. The van der Waals surface area contributed by atoms with Crippen molar-refractivity contribution in [2.24, 2.45) is 0 Å². The summed E-state index contributed by atoms with van der Waals surface area (Å²) in [5, 5.41) is 21.7. The van der Waals surface area contributed by atoms with Crippen molar-refractivity contribution in [1.29, 1.82) is 0 Å². The zero-order chi connectivity index (χ0) is 19.1. The molecule has 138 valence electrons. The third kappa shape index (κ3) is 2.42. The number of methoxy groups -OCH3 is 1. The van der Waals surface area contributed by atoms with Crippen LogP contribution < -0.4 is 15.6 Å². The van der Waals surface area contributed by atoms with Crippen LogP contribution in [0.25, 0.3) is 11.3 Å². The molecule has 1 aromatic carbocycles. The zero-order valence-electron chi connectivity index (χ0n) is 14.7. The molecule has 1 aliphatic rings. The van der Waals surface area contributed by atoms with E-state index in [4.69, 9.17) is 4.74 Å². The first-order valence-corrected chi connectivity index (χ1v) is 8.48. The number of rotatable bonds is 3. The molecule has 0 radical (unpaired) electrons. The minimum absolute atomic E-state index is 0.351. The first kappa shape index (κ1) is 16.1. The predicted octanol–water partition coefficient (Wildman–Crippen LogP) is 1.52. The van der Waals surface area contributed by atoms with Gasteiger partial charge in [0, 0.05) is 23.5 Å². The number of nitrogens with zero attached hydrogens (tertiary/aromatic N) is 6. The molecule has 10 nitrogen and oxygen atoms in total. The van der Waals surface area contributed by atoms with Crippen molar-refractivity contribution in [3.8, 4) is 17.0 Å². The highest BCUT2D eigenvalue weighted by molar-refractivity contribution is 5.75. The second kappa shape index (κ2) is 6.27. The molecule has 1 atom stereocenters. The Morgan fingerprint density at radius 3 is 2.79 bits per heavy atom.